The van der Waals surface area contributed by atoms with Crippen molar-refractivity contribution in [3.05, 3.63) is 18.0 Å². The average Bonchev–Trinajstić information content (AvgIpc) is 3.14. The van der Waals surface area contributed by atoms with Crippen LogP contribution in [-0.4, -0.2) is 56.5 Å². The van der Waals surface area contributed by atoms with Gasteiger partial charge in [0.2, 0.25) is 10.0 Å². The first-order valence-electron chi connectivity index (χ1n) is 7.47. The first kappa shape index (κ1) is 17.0. The lowest BCUT2D eigenvalue weighted by Crippen LogP contribution is -2.41. The molecule has 2 N–H and O–H groups in total. The Hall–Kier alpha value is -1.38. The number of sulfonamides is 1. The van der Waals surface area contributed by atoms with Crippen LogP contribution in [0.2, 0.25) is 0 Å². The maximum Gasteiger partial charge on any atom is 0.267 e. The molecule has 1 aromatic heterocycles. The van der Waals surface area contributed by atoms with Crippen molar-refractivity contribution in [1.82, 2.24) is 19.5 Å². The van der Waals surface area contributed by atoms with E-state index in [4.69, 9.17) is 0 Å². The van der Waals surface area contributed by atoms with Crippen LogP contribution in [0.15, 0.2) is 17.2 Å². The van der Waals surface area contributed by atoms with Crippen LogP contribution >= 0.6 is 0 Å². The smallest absolute Gasteiger partial charge is 0.267 e. The van der Waals surface area contributed by atoms with Gasteiger partial charge in [0.1, 0.15) is 10.6 Å². The monoisotopic (exact) mass is 328 g/mol. The molecule has 0 saturated carbocycles. The van der Waals surface area contributed by atoms with E-state index in [9.17, 15) is 13.2 Å². The number of rotatable bonds is 6. The van der Waals surface area contributed by atoms with Crippen molar-refractivity contribution in [3.8, 4) is 0 Å². The van der Waals surface area contributed by atoms with Gasteiger partial charge in [0.15, 0.2) is 0 Å². The number of amides is 1. The summed E-state index contributed by atoms with van der Waals surface area (Å²) in [5, 5.41) is 2.88. The third-order valence-corrected chi connectivity index (χ3v) is 5.49. The Labute approximate surface area is 131 Å². The summed E-state index contributed by atoms with van der Waals surface area (Å²) in [6, 6.07) is 1.68. The van der Waals surface area contributed by atoms with Crippen LogP contribution in [0.3, 0.4) is 0 Å². The number of aryl methyl sites for hydroxylation is 1. The highest BCUT2D eigenvalue weighted by atomic mass is 32.2. The van der Waals surface area contributed by atoms with Crippen molar-refractivity contribution in [2.24, 2.45) is 7.05 Å². The topological polar surface area (TPSA) is 83.4 Å². The Bertz CT molecular complexity index is 633. The Morgan fingerprint density at radius 1 is 1.36 bits per heavy atom. The summed E-state index contributed by atoms with van der Waals surface area (Å²) in [5.41, 5.74) is 0.336. The largest absolute Gasteiger partial charge is 0.349 e. The minimum atomic E-state index is -3.54. The molecule has 1 amide bonds. The quantitative estimate of drug-likeness (QED) is 0.778. The molecule has 1 fully saturated rings. The summed E-state index contributed by atoms with van der Waals surface area (Å²) in [5.74, 6) is -0.258. The van der Waals surface area contributed by atoms with E-state index in [1.807, 2.05) is 0 Å². The van der Waals surface area contributed by atoms with Gasteiger partial charge in [0.05, 0.1) is 0 Å². The van der Waals surface area contributed by atoms with Crippen molar-refractivity contribution < 1.29 is 13.2 Å². The lowest BCUT2D eigenvalue weighted by atomic mass is 10.3. The fraction of sp³-hybridized carbons (Fsp3) is 0.643. The van der Waals surface area contributed by atoms with Gasteiger partial charge in [0, 0.05) is 25.8 Å². The maximum absolute atomic E-state index is 12.2. The molecule has 2 heterocycles. The van der Waals surface area contributed by atoms with E-state index in [1.54, 1.807) is 7.05 Å². The lowest BCUT2D eigenvalue weighted by molar-refractivity contribution is 0.0932. The molecule has 0 unspecified atom stereocenters. The number of hydrogen-bond donors (Lipinski definition) is 2. The van der Waals surface area contributed by atoms with Crippen LogP contribution in [0.4, 0.5) is 0 Å². The summed E-state index contributed by atoms with van der Waals surface area (Å²) in [6.07, 6.45) is 3.85. The number of likely N-dealkylation sites (tertiary alicyclic amines) is 1. The number of carbonyl (C=O) groups excluding carboxylic acids is 1. The van der Waals surface area contributed by atoms with Gasteiger partial charge >= 0.3 is 0 Å². The Morgan fingerprint density at radius 3 is 2.59 bits per heavy atom. The average molecular weight is 328 g/mol. The van der Waals surface area contributed by atoms with Gasteiger partial charge in [-0.15, -0.1) is 0 Å². The summed E-state index contributed by atoms with van der Waals surface area (Å²) in [7, 11) is -0.530. The normalized spacial score (nSPS) is 17.6. The molecule has 1 saturated heterocycles. The zero-order valence-electron chi connectivity index (χ0n) is 13.3. The van der Waals surface area contributed by atoms with Crippen LogP contribution < -0.4 is 10.0 Å². The van der Waals surface area contributed by atoms with Crippen LogP contribution in [0, 0.1) is 0 Å². The highest BCUT2D eigenvalue weighted by molar-refractivity contribution is 7.89. The van der Waals surface area contributed by atoms with Gasteiger partial charge in [-0.2, -0.15) is 0 Å². The molecule has 22 heavy (non-hydrogen) atoms. The van der Waals surface area contributed by atoms with Crippen molar-refractivity contribution in [1.29, 1.82) is 0 Å². The minimum Gasteiger partial charge on any atom is -0.349 e. The maximum atomic E-state index is 12.2. The van der Waals surface area contributed by atoms with E-state index in [-0.39, 0.29) is 16.8 Å². The molecule has 0 spiro atoms. The zero-order valence-corrected chi connectivity index (χ0v) is 14.1. The van der Waals surface area contributed by atoms with Crippen LogP contribution in [0.25, 0.3) is 0 Å². The predicted octanol–water partition coefficient (Wildman–Crippen LogP) is 0.147. The van der Waals surface area contributed by atoms with E-state index in [0.717, 1.165) is 13.1 Å². The summed E-state index contributed by atoms with van der Waals surface area (Å²) >= 11 is 0. The summed E-state index contributed by atoms with van der Waals surface area (Å²) < 4.78 is 27.3. The van der Waals surface area contributed by atoms with Crippen LogP contribution in [0.1, 0.15) is 30.3 Å². The van der Waals surface area contributed by atoms with Crippen molar-refractivity contribution >= 4 is 15.9 Å². The van der Waals surface area contributed by atoms with Crippen LogP contribution in [-0.2, 0) is 17.1 Å². The Balaban J connectivity index is 2.00. The molecule has 1 atom stereocenters. The number of carbonyl (C=O) groups is 1. The number of nitrogens with zero attached hydrogens (tertiary/aromatic N) is 2. The second kappa shape index (κ2) is 6.80. The molecule has 0 radical (unpaired) electrons. The molecule has 2 rings (SSSR count). The molecular weight excluding hydrogens is 304 g/mol. The molecule has 8 heteroatoms. The van der Waals surface area contributed by atoms with E-state index < -0.39 is 10.0 Å². The van der Waals surface area contributed by atoms with Gasteiger partial charge < -0.3 is 9.88 Å². The zero-order chi connectivity index (χ0) is 16.3. The highest BCUT2D eigenvalue weighted by Gasteiger charge is 2.21. The fourth-order valence-corrected chi connectivity index (χ4v) is 3.47. The van der Waals surface area contributed by atoms with Gasteiger partial charge in [-0.25, -0.2) is 13.1 Å². The molecule has 7 nitrogen and oxygen atoms in total. The molecule has 0 bridgehead atoms. The molecule has 1 aliphatic rings. The molecule has 1 aliphatic heterocycles. The standard InChI is InChI=1S/C14H24N4O3S/c1-11(18-6-4-5-7-18)9-16-14(19)13-8-12(10-17(13)3)22(20,21)15-2/h8,10-11,15H,4-7,9H2,1-3H3,(H,16,19)/t11-/m1/s1. The van der Waals surface area contributed by atoms with Crippen LogP contribution in [0.5, 0.6) is 0 Å². The van der Waals surface area contributed by atoms with Gasteiger partial charge in [0.25, 0.3) is 5.91 Å². The Kier molecular flexibility index (Phi) is 5.25. The highest BCUT2D eigenvalue weighted by Crippen LogP contribution is 2.14. The van der Waals surface area contributed by atoms with E-state index in [1.165, 1.54) is 36.7 Å². The second-order valence-electron chi connectivity index (χ2n) is 5.68. The van der Waals surface area contributed by atoms with E-state index in [2.05, 4.69) is 21.9 Å². The summed E-state index contributed by atoms with van der Waals surface area (Å²) in [6.45, 7) is 4.79. The van der Waals surface area contributed by atoms with E-state index in [0.29, 0.717) is 12.2 Å². The van der Waals surface area contributed by atoms with Crippen molar-refractivity contribution in [2.45, 2.75) is 30.7 Å². The number of aromatic nitrogens is 1. The second-order valence-corrected chi connectivity index (χ2v) is 7.57. The summed E-state index contributed by atoms with van der Waals surface area (Å²) in [4.78, 5) is 14.7. The van der Waals surface area contributed by atoms with Gasteiger partial charge in [-0.1, -0.05) is 0 Å². The molecule has 0 aliphatic carbocycles. The third kappa shape index (κ3) is 3.68. The third-order valence-electron chi connectivity index (χ3n) is 4.11. The predicted molar refractivity (Wildman–Crippen MR) is 84.3 cm³/mol. The number of hydrogen-bond acceptors (Lipinski definition) is 4. The molecule has 0 aromatic carbocycles. The first-order chi connectivity index (χ1) is 10.3. The number of nitrogens with one attached hydrogen (secondary N) is 2. The molecule has 1 aromatic rings. The lowest BCUT2D eigenvalue weighted by Gasteiger charge is -2.23. The molecular formula is C14H24N4O3S. The minimum absolute atomic E-state index is 0.0928. The SMILES string of the molecule is CNS(=O)(=O)c1cc(C(=O)NC[C@@H](C)N2CCCC2)n(C)c1. The molecule has 124 valence electrons. The van der Waals surface area contributed by atoms with Crippen molar-refractivity contribution in [2.75, 3.05) is 26.7 Å². The van der Waals surface area contributed by atoms with Gasteiger partial charge in [-0.3, -0.25) is 9.69 Å². The first-order valence-corrected chi connectivity index (χ1v) is 8.95. The fourth-order valence-electron chi connectivity index (χ4n) is 2.67. The Morgan fingerprint density at radius 2 is 2.00 bits per heavy atom. The van der Waals surface area contributed by atoms with Gasteiger partial charge in [-0.05, 0) is 46.0 Å². The van der Waals surface area contributed by atoms with E-state index >= 15 is 0 Å². The van der Waals surface area contributed by atoms with Crippen molar-refractivity contribution in [3.63, 3.8) is 0 Å².